The quantitative estimate of drug-likeness (QED) is 0.627. The molecule has 1 aromatic carbocycles. The molecule has 1 saturated carbocycles. The molecule has 112 valence electrons. The largest absolute Gasteiger partial charge is 0.534 e. The second-order valence-corrected chi connectivity index (χ2v) is 6.39. The van der Waals surface area contributed by atoms with Gasteiger partial charge in [0.2, 0.25) is 0 Å². The van der Waals surface area contributed by atoms with E-state index >= 15 is 0 Å². The maximum Gasteiger partial charge on any atom is 0.534 e. The van der Waals surface area contributed by atoms with Crippen molar-refractivity contribution in [2.45, 2.75) is 43.5 Å². The first-order valence-corrected chi connectivity index (χ1v) is 7.82. The highest BCUT2D eigenvalue weighted by molar-refractivity contribution is 7.88. The molecule has 1 fully saturated rings. The summed E-state index contributed by atoms with van der Waals surface area (Å²) in [6.45, 7) is 0. The summed E-state index contributed by atoms with van der Waals surface area (Å²) in [5.41, 5.74) is -4.87. The lowest BCUT2D eigenvalue weighted by molar-refractivity contribution is -0.0500. The zero-order chi connectivity index (χ0) is 14.8. The third-order valence-corrected chi connectivity index (χ3v) is 4.41. The van der Waals surface area contributed by atoms with Crippen molar-refractivity contribution in [1.82, 2.24) is 0 Å². The van der Waals surface area contributed by atoms with E-state index in [2.05, 4.69) is 4.18 Å². The van der Waals surface area contributed by atoms with Crippen molar-refractivity contribution < 1.29 is 25.8 Å². The number of hydrogen-bond acceptors (Lipinski definition) is 3. The minimum Gasteiger partial charge on any atom is -0.376 e. The minimum absolute atomic E-state index is 0.0587. The van der Waals surface area contributed by atoms with Gasteiger partial charge in [0.05, 0.1) is 0 Å². The van der Waals surface area contributed by atoms with Crippen LogP contribution in [-0.4, -0.2) is 13.9 Å². The average molecular weight is 308 g/mol. The molecule has 0 bridgehead atoms. The average Bonchev–Trinajstić information content (AvgIpc) is 2.38. The molecule has 0 saturated heterocycles. The van der Waals surface area contributed by atoms with Crippen LogP contribution in [0.5, 0.6) is 5.75 Å². The van der Waals surface area contributed by atoms with Crippen molar-refractivity contribution in [2.24, 2.45) is 0 Å². The van der Waals surface area contributed by atoms with E-state index in [4.69, 9.17) is 0 Å². The van der Waals surface area contributed by atoms with E-state index in [0.717, 1.165) is 32.1 Å². The summed E-state index contributed by atoms with van der Waals surface area (Å²) >= 11 is 0. The lowest BCUT2D eigenvalue weighted by atomic mass is 9.84. The Morgan fingerprint density at radius 1 is 1.05 bits per heavy atom. The van der Waals surface area contributed by atoms with Crippen LogP contribution in [0, 0.1) is 0 Å². The fourth-order valence-corrected chi connectivity index (χ4v) is 2.96. The van der Waals surface area contributed by atoms with E-state index in [-0.39, 0.29) is 11.7 Å². The highest BCUT2D eigenvalue weighted by atomic mass is 32.2. The van der Waals surface area contributed by atoms with E-state index in [1.807, 2.05) is 0 Å². The summed E-state index contributed by atoms with van der Waals surface area (Å²) in [6.07, 6.45) is 4.76. The van der Waals surface area contributed by atoms with Gasteiger partial charge in [-0.2, -0.15) is 21.6 Å². The number of rotatable bonds is 3. The molecule has 1 aliphatic rings. The van der Waals surface area contributed by atoms with E-state index in [9.17, 15) is 21.6 Å². The van der Waals surface area contributed by atoms with Crippen LogP contribution < -0.4 is 4.18 Å². The fraction of sp³-hybridized carbons (Fsp3) is 0.538. The maximum atomic E-state index is 12.4. The molecule has 0 atom stereocenters. The molecule has 0 aliphatic heterocycles. The van der Waals surface area contributed by atoms with Crippen LogP contribution >= 0.6 is 0 Å². The molecule has 0 unspecified atom stereocenters. The molecule has 0 amide bonds. The van der Waals surface area contributed by atoms with Crippen LogP contribution in [0.1, 0.15) is 43.6 Å². The number of halogens is 3. The van der Waals surface area contributed by atoms with Crippen LogP contribution in [0.15, 0.2) is 24.3 Å². The minimum atomic E-state index is -5.61. The summed E-state index contributed by atoms with van der Waals surface area (Å²) in [7, 11) is -5.61. The molecule has 2 rings (SSSR count). The molecular weight excluding hydrogens is 293 g/mol. The first-order chi connectivity index (χ1) is 9.31. The summed E-state index contributed by atoms with van der Waals surface area (Å²) in [5.74, 6) is -0.153. The van der Waals surface area contributed by atoms with Gasteiger partial charge in [0, 0.05) is 0 Å². The van der Waals surface area contributed by atoms with E-state index in [1.165, 1.54) is 12.1 Å². The normalized spacial score (nSPS) is 17.9. The van der Waals surface area contributed by atoms with E-state index in [0.29, 0.717) is 5.56 Å². The first-order valence-electron chi connectivity index (χ1n) is 6.41. The van der Waals surface area contributed by atoms with Gasteiger partial charge in [0.15, 0.2) is 0 Å². The molecule has 0 aromatic heterocycles. The van der Waals surface area contributed by atoms with Crippen molar-refractivity contribution in [3.63, 3.8) is 0 Å². The number of para-hydroxylation sites is 1. The zero-order valence-electron chi connectivity index (χ0n) is 10.7. The summed E-state index contributed by atoms with van der Waals surface area (Å²) < 4.78 is 63.7. The monoisotopic (exact) mass is 308 g/mol. The molecule has 0 radical (unpaired) electrons. The van der Waals surface area contributed by atoms with E-state index < -0.39 is 15.6 Å². The van der Waals surface area contributed by atoms with Gasteiger partial charge >= 0.3 is 15.6 Å². The van der Waals surface area contributed by atoms with Crippen LogP contribution in [0.4, 0.5) is 13.2 Å². The topological polar surface area (TPSA) is 43.4 Å². The standard InChI is InChI=1S/C13H15F3O3S/c14-13(15,16)20(17,18)19-12-9-5-4-8-11(12)10-6-2-1-3-7-10/h4-5,8-10H,1-3,6-7H2. The maximum absolute atomic E-state index is 12.4. The SMILES string of the molecule is O=S(=O)(Oc1ccccc1C1CCCCC1)C(F)(F)F. The molecule has 1 aromatic rings. The Labute approximate surface area is 115 Å². The van der Waals surface area contributed by atoms with Gasteiger partial charge in [0.25, 0.3) is 0 Å². The number of alkyl halides is 3. The Bertz CT molecular complexity index is 560. The molecule has 1 aliphatic carbocycles. The van der Waals surface area contributed by atoms with Crippen molar-refractivity contribution in [2.75, 3.05) is 0 Å². The molecule has 7 heteroatoms. The van der Waals surface area contributed by atoms with Crippen LogP contribution in [-0.2, 0) is 10.1 Å². The molecule has 0 heterocycles. The number of hydrogen-bond donors (Lipinski definition) is 0. The van der Waals surface area contributed by atoms with Gasteiger partial charge in [-0.1, -0.05) is 37.5 Å². The Morgan fingerprint density at radius 3 is 2.25 bits per heavy atom. The molecule has 0 N–H and O–H groups in total. The van der Waals surface area contributed by atoms with Gasteiger partial charge in [-0.15, -0.1) is 0 Å². The molecular formula is C13H15F3O3S. The highest BCUT2D eigenvalue weighted by Gasteiger charge is 2.48. The smallest absolute Gasteiger partial charge is 0.376 e. The molecule has 0 spiro atoms. The van der Waals surface area contributed by atoms with Crippen molar-refractivity contribution in [3.05, 3.63) is 29.8 Å². The van der Waals surface area contributed by atoms with E-state index in [1.54, 1.807) is 12.1 Å². The third-order valence-electron chi connectivity index (χ3n) is 3.45. The van der Waals surface area contributed by atoms with Crippen molar-refractivity contribution in [1.29, 1.82) is 0 Å². The predicted octanol–water partition coefficient (Wildman–Crippen LogP) is 3.96. The predicted molar refractivity (Wildman–Crippen MR) is 67.9 cm³/mol. The van der Waals surface area contributed by atoms with Crippen LogP contribution in [0.25, 0.3) is 0 Å². The van der Waals surface area contributed by atoms with Gasteiger partial charge in [-0.05, 0) is 30.4 Å². The van der Waals surface area contributed by atoms with Crippen LogP contribution in [0.2, 0.25) is 0 Å². The van der Waals surface area contributed by atoms with Gasteiger partial charge < -0.3 is 4.18 Å². The number of benzene rings is 1. The Balaban J connectivity index is 2.29. The second kappa shape index (κ2) is 5.63. The van der Waals surface area contributed by atoms with Crippen molar-refractivity contribution >= 4 is 10.1 Å². The second-order valence-electron chi connectivity index (χ2n) is 4.86. The highest BCUT2D eigenvalue weighted by Crippen LogP contribution is 2.38. The Morgan fingerprint density at radius 2 is 1.65 bits per heavy atom. The lowest BCUT2D eigenvalue weighted by Gasteiger charge is -2.24. The van der Waals surface area contributed by atoms with Gasteiger partial charge in [-0.25, -0.2) is 0 Å². The summed E-state index contributed by atoms with van der Waals surface area (Å²) in [4.78, 5) is 0. The zero-order valence-corrected chi connectivity index (χ0v) is 11.5. The summed E-state index contributed by atoms with van der Waals surface area (Å²) in [6, 6.07) is 6.05. The Hall–Kier alpha value is -1.24. The van der Waals surface area contributed by atoms with Gasteiger partial charge in [0.1, 0.15) is 5.75 Å². The van der Waals surface area contributed by atoms with Gasteiger partial charge in [-0.3, -0.25) is 0 Å². The molecule has 20 heavy (non-hydrogen) atoms. The summed E-state index contributed by atoms with van der Waals surface area (Å²) in [5, 5.41) is 0. The molecule has 3 nitrogen and oxygen atoms in total. The van der Waals surface area contributed by atoms with Crippen LogP contribution in [0.3, 0.4) is 0 Å². The van der Waals surface area contributed by atoms with Crippen molar-refractivity contribution in [3.8, 4) is 5.75 Å². The fourth-order valence-electron chi connectivity index (χ4n) is 2.47. The Kier molecular flexibility index (Phi) is 4.27. The third kappa shape index (κ3) is 3.26. The lowest BCUT2D eigenvalue weighted by Crippen LogP contribution is -2.28. The first kappa shape index (κ1) is 15.2.